The molecule has 5 rings (SSSR count). The first-order chi connectivity index (χ1) is 18.5. The molecule has 38 heavy (non-hydrogen) atoms. The average Bonchev–Trinajstić information content (AvgIpc) is 3.37. The molecule has 2 aliphatic rings. The lowest BCUT2D eigenvalue weighted by molar-refractivity contribution is -0.148. The van der Waals surface area contributed by atoms with E-state index in [1.54, 1.807) is 42.5 Å². The zero-order valence-corrected chi connectivity index (χ0v) is 20.8. The number of piperidine rings is 1. The van der Waals surface area contributed by atoms with Gasteiger partial charge in [0, 0.05) is 37.5 Å². The number of halogens is 1. The van der Waals surface area contributed by atoms with Gasteiger partial charge in [-0.2, -0.15) is 4.98 Å². The largest absolute Gasteiger partial charge is 0.458 e. The van der Waals surface area contributed by atoms with Crippen molar-refractivity contribution in [2.75, 3.05) is 39.4 Å². The monoisotopic (exact) mass is 521 g/mol. The molecule has 3 aromatic rings. The minimum atomic E-state index is -0.428. The van der Waals surface area contributed by atoms with E-state index in [1.807, 2.05) is 4.90 Å². The SMILES string of the molecule is O=C1CC(c2nc(OCc3ccc(F)cc3)n(C(=O)c3ccccc3)n2)CCN1C(=O)CN1CCOCC1. The molecule has 10 nitrogen and oxygen atoms in total. The van der Waals surface area contributed by atoms with Crippen LogP contribution in [-0.4, -0.2) is 81.7 Å². The molecule has 1 atom stereocenters. The maximum atomic E-state index is 13.3. The molecule has 0 aliphatic carbocycles. The smallest absolute Gasteiger partial charge is 0.323 e. The fourth-order valence-corrected chi connectivity index (χ4v) is 4.50. The van der Waals surface area contributed by atoms with Crippen molar-refractivity contribution in [2.45, 2.75) is 25.4 Å². The number of aromatic nitrogens is 3. The molecule has 2 amide bonds. The highest BCUT2D eigenvalue weighted by atomic mass is 19.1. The number of benzene rings is 2. The van der Waals surface area contributed by atoms with Crippen molar-refractivity contribution in [3.8, 4) is 6.01 Å². The molecule has 2 aromatic carbocycles. The van der Waals surface area contributed by atoms with E-state index < -0.39 is 5.91 Å². The van der Waals surface area contributed by atoms with Crippen molar-refractivity contribution in [2.24, 2.45) is 0 Å². The molecular formula is C27H28FN5O5. The molecule has 11 heteroatoms. The summed E-state index contributed by atoms with van der Waals surface area (Å²) in [7, 11) is 0. The molecule has 0 bridgehead atoms. The number of hydrogen-bond acceptors (Lipinski definition) is 8. The number of carbonyl (C=O) groups excluding carboxylic acids is 3. The topological polar surface area (TPSA) is 107 Å². The zero-order chi connectivity index (χ0) is 26.5. The van der Waals surface area contributed by atoms with Crippen LogP contribution in [0.1, 0.15) is 40.5 Å². The first-order valence-corrected chi connectivity index (χ1v) is 12.5. The van der Waals surface area contributed by atoms with Gasteiger partial charge in [-0.05, 0) is 36.2 Å². The Morgan fingerprint density at radius 2 is 1.76 bits per heavy atom. The molecule has 1 unspecified atom stereocenters. The van der Waals surface area contributed by atoms with Crippen LogP contribution in [0.2, 0.25) is 0 Å². The van der Waals surface area contributed by atoms with Gasteiger partial charge in [0.25, 0.3) is 5.91 Å². The lowest BCUT2D eigenvalue weighted by atomic mass is 9.95. The summed E-state index contributed by atoms with van der Waals surface area (Å²) in [5, 5.41) is 4.43. The van der Waals surface area contributed by atoms with E-state index in [0.717, 1.165) is 4.68 Å². The summed E-state index contributed by atoms with van der Waals surface area (Å²) in [6, 6.07) is 14.4. The quantitative estimate of drug-likeness (QED) is 0.466. The van der Waals surface area contributed by atoms with Crippen molar-refractivity contribution in [3.63, 3.8) is 0 Å². The van der Waals surface area contributed by atoms with Gasteiger partial charge >= 0.3 is 6.01 Å². The second-order valence-electron chi connectivity index (χ2n) is 9.27. The van der Waals surface area contributed by atoms with Crippen LogP contribution in [-0.2, 0) is 20.9 Å². The van der Waals surface area contributed by atoms with Crippen LogP contribution in [0.4, 0.5) is 4.39 Å². The van der Waals surface area contributed by atoms with E-state index in [0.29, 0.717) is 49.7 Å². The van der Waals surface area contributed by atoms with Crippen molar-refractivity contribution < 1.29 is 28.2 Å². The summed E-state index contributed by atoms with van der Waals surface area (Å²) in [5.41, 5.74) is 1.09. The van der Waals surface area contributed by atoms with E-state index >= 15 is 0 Å². The zero-order valence-electron chi connectivity index (χ0n) is 20.8. The Labute approximate surface area is 219 Å². The van der Waals surface area contributed by atoms with Gasteiger partial charge < -0.3 is 9.47 Å². The Kier molecular flexibility index (Phi) is 7.85. The minimum absolute atomic E-state index is 0.0172. The number of carbonyl (C=O) groups is 3. The minimum Gasteiger partial charge on any atom is -0.458 e. The standard InChI is InChI=1S/C27H28FN5O5/c28-22-8-6-19(7-9-22)18-38-27-29-25(30-33(27)26(36)20-4-2-1-3-5-20)21-10-11-32(23(34)16-21)24(35)17-31-12-14-37-15-13-31/h1-9,21H,10-18H2. The Morgan fingerprint density at radius 3 is 2.47 bits per heavy atom. The number of likely N-dealkylation sites (tertiary alicyclic amines) is 1. The van der Waals surface area contributed by atoms with Crippen LogP contribution in [0, 0.1) is 5.82 Å². The second-order valence-corrected chi connectivity index (χ2v) is 9.27. The third kappa shape index (κ3) is 5.95. The molecule has 0 saturated carbocycles. The number of imide groups is 1. The summed E-state index contributed by atoms with van der Waals surface area (Å²) in [6.07, 6.45) is 0.525. The van der Waals surface area contributed by atoms with Gasteiger partial charge in [0.2, 0.25) is 11.8 Å². The van der Waals surface area contributed by atoms with Crippen LogP contribution >= 0.6 is 0 Å². The molecule has 0 spiro atoms. The van der Waals surface area contributed by atoms with Crippen molar-refractivity contribution in [1.29, 1.82) is 0 Å². The predicted octanol–water partition coefficient (Wildman–Crippen LogP) is 2.25. The fourth-order valence-electron chi connectivity index (χ4n) is 4.50. The number of morpholine rings is 1. The van der Waals surface area contributed by atoms with Crippen molar-refractivity contribution in [3.05, 3.63) is 77.4 Å². The number of hydrogen-bond donors (Lipinski definition) is 0. The molecule has 1 aromatic heterocycles. The number of ether oxygens (including phenoxy) is 2. The van der Waals surface area contributed by atoms with Crippen molar-refractivity contribution in [1.82, 2.24) is 24.6 Å². The summed E-state index contributed by atoms with van der Waals surface area (Å²) in [6.45, 7) is 2.95. The summed E-state index contributed by atoms with van der Waals surface area (Å²) >= 11 is 0. The Balaban J connectivity index is 1.31. The van der Waals surface area contributed by atoms with Crippen LogP contribution in [0.25, 0.3) is 0 Å². The highest BCUT2D eigenvalue weighted by molar-refractivity contribution is 5.97. The molecule has 2 fully saturated rings. The van der Waals surface area contributed by atoms with E-state index in [4.69, 9.17) is 9.47 Å². The summed E-state index contributed by atoms with van der Waals surface area (Å²) < 4.78 is 25.5. The van der Waals surface area contributed by atoms with E-state index in [-0.39, 0.29) is 55.7 Å². The third-order valence-electron chi connectivity index (χ3n) is 6.64. The lowest BCUT2D eigenvalue weighted by Gasteiger charge is -2.32. The van der Waals surface area contributed by atoms with E-state index in [9.17, 15) is 18.8 Å². The van der Waals surface area contributed by atoms with Gasteiger partial charge in [-0.1, -0.05) is 30.3 Å². The Hall–Kier alpha value is -3.96. The van der Waals surface area contributed by atoms with Gasteiger partial charge in [-0.25, -0.2) is 4.39 Å². The first kappa shape index (κ1) is 25.7. The normalized spacial score (nSPS) is 18.4. The fraction of sp³-hybridized carbons (Fsp3) is 0.370. The molecule has 3 heterocycles. The highest BCUT2D eigenvalue weighted by Crippen LogP contribution is 2.29. The predicted molar refractivity (Wildman–Crippen MR) is 133 cm³/mol. The highest BCUT2D eigenvalue weighted by Gasteiger charge is 2.34. The van der Waals surface area contributed by atoms with Gasteiger partial charge in [-0.15, -0.1) is 9.78 Å². The molecular weight excluding hydrogens is 493 g/mol. The maximum Gasteiger partial charge on any atom is 0.323 e. The average molecular weight is 522 g/mol. The molecule has 2 saturated heterocycles. The van der Waals surface area contributed by atoms with Crippen LogP contribution in [0.15, 0.2) is 54.6 Å². The number of amides is 2. The molecule has 198 valence electrons. The number of rotatable bonds is 7. The summed E-state index contributed by atoms with van der Waals surface area (Å²) in [5.74, 6) is -1.37. The van der Waals surface area contributed by atoms with Crippen LogP contribution in [0.3, 0.4) is 0 Å². The Bertz CT molecular complexity index is 1290. The van der Waals surface area contributed by atoms with Gasteiger partial charge in [0.15, 0.2) is 5.82 Å². The van der Waals surface area contributed by atoms with Crippen LogP contribution in [0.5, 0.6) is 6.01 Å². The Morgan fingerprint density at radius 1 is 1.03 bits per heavy atom. The van der Waals surface area contributed by atoms with Gasteiger partial charge in [-0.3, -0.25) is 24.2 Å². The second kappa shape index (κ2) is 11.6. The van der Waals surface area contributed by atoms with E-state index in [2.05, 4.69) is 10.1 Å². The van der Waals surface area contributed by atoms with Crippen molar-refractivity contribution >= 4 is 17.7 Å². The lowest BCUT2D eigenvalue weighted by Crippen LogP contribution is -2.49. The van der Waals surface area contributed by atoms with Gasteiger partial charge in [0.05, 0.1) is 19.8 Å². The van der Waals surface area contributed by atoms with E-state index in [1.165, 1.54) is 17.0 Å². The molecule has 0 N–H and O–H groups in total. The third-order valence-corrected chi connectivity index (χ3v) is 6.64. The first-order valence-electron chi connectivity index (χ1n) is 12.5. The number of nitrogens with zero attached hydrogens (tertiary/aromatic N) is 5. The summed E-state index contributed by atoms with van der Waals surface area (Å²) in [4.78, 5) is 46.6. The van der Waals surface area contributed by atoms with Gasteiger partial charge in [0.1, 0.15) is 12.4 Å². The van der Waals surface area contributed by atoms with Crippen LogP contribution < -0.4 is 4.74 Å². The molecule has 0 radical (unpaired) electrons. The maximum absolute atomic E-state index is 13.3. The molecule has 2 aliphatic heterocycles.